The second-order valence-electron chi connectivity index (χ2n) is 5.10. The van der Waals surface area contributed by atoms with Crippen LogP contribution in [0.3, 0.4) is 0 Å². The number of imidazole rings is 1. The van der Waals surface area contributed by atoms with Crippen LogP contribution >= 0.6 is 11.6 Å². The van der Waals surface area contributed by atoms with Crippen LogP contribution in [0.4, 0.5) is 4.39 Å². The Morgan fingerprint density at radius 3 is 2.80 bits per heavy atom. The number of halogens is 2. The molecule has 0 saturated heterocycles. The first-order valence-electron chi connectivity index (χ1n) is 6.48. The zero-order chi connectivity index (χ0) is 13.7. The van der Waals surface area contributed by atoms with E-state index in [1.54, 1.807) is 6.07 Å². The van der Waals surface area contributed by atoms with Gasteiger partial charge in [0.15, 0.2) is 10.8 Å². The van der Waals surface area contributed by atoms with Crippen molar-refractivity contribution < 1.29 is 4.39 Å². The summed E-state index contributed by atoms with van der Waals surface area (Å²) < 4.78 is 14.8. The average Bonchev–Trinajstić information content (AvgIpc) is 3.18. The van der Waals surface area contributed by atoms with Crippen LogP contribution in [0, 0.1) is 5.95 Å². The molecule has 0 spiro atoms. The summed E-state index contributed by atoms with van der Waals surface area (Å²) >= 11 is 5.99. The van der Waals surface area contributed by atoms with Crippen LogP contribution in [-0.4, -0.2) is 14.6 Å². The molecule has 1 saturated carbocycles. The third-order valence-corrected chi connectivity index (χ3v) is 4.03. The molecule has 20 heavy (non-hydrogen) atoms. The van der Waals surface area contributed by atoms with Crippen LogP contribution in [-0.2, 0) is 0 Å². The van der Waals surface area contributed by atoms with Crippen molar-refractivity contribution in [2.45, 2.75) is 18.3 Å². The van der Waals surface area contributed by atoms with Crippen molar-refractivity contribution in [3.8, 4) is 0 Å². The first kappa shape index (κ1) is 11.9. The fourth-order valence-electron chi connectivity index (χ4n) is 2.81. The van der Waals surface area contributed by atoms with Crippen molar-refractivity contribution in [1.29, 1.82) is 0 Å². The van der Waals surface area contributed by atoms with E-state index in [1.807, 2.05) is 18.2 Å². The molecule has 1 aliphatic rings. The van der Waals surface area contributed by atoms with E-state index in [-0.39, 0.29) is 0 Å². The summed E-state index contributed by atoms with van der Waals surface area (Å²) in [4.78, 5) is 4.12. The van der Waals surface area contributed by atoms with Crippen LogP contribution in [0.2, 0.25) is 5.15 Å². The lowest BCUT2D eigenvalue weighted by Crippen LogP contribution is -1.99. The topological polar surface area (TPSA) is 30.2 Å². The maximum Gasteiger partial charge on any atom is 0.234 e. The van der Waals surface area contributed by atoms with Crippen molar-refractivity contribution >= 4 is 17.2 Å². The molecule has 3 nitrogen and oxygen atoms in total. The third-order valence-electron chi connectivity index (χ3n) is 3.84. The number of benzene rings is 1. The molecule has 0 N–H and O–H groups in total. The molecule has 1 aliphatic carbocycles. The fourth-order valence-corrected chi connectivity index (χ4v) is 3.01. The van der Waals surface area contributed by atoms with Gasteiger partial charge in [-0.25, -0.2) is 4.98 Å². The smallest absolute Gasteiger partial charge is 0.232 e. The van der Waals surface area contributed by atoms with Crippen molar-refractivity contribution in [3.05, 3.63) is 64.8 Å². The van der Waals surface area contributed by atoms with E-state index < -0.39 is 5.95 Å². The van der Waals surface area contributed by atoms with Crippen LogP contribution in [0.25, 0.3) is 5.65 Å². The summed E-state index contributed by atoms with van der Waals surface area (Å²) in [5.41, 5.74) is 2.84. The Balaban J connectivity index is 1.77. The molecule has 1 aromatic carbocycles. The van der Waals surface area contributed by atoms with E-state index in [9.17, 15) is 4.39 Å². The van der Waals surface area contributed by atoms with Gasteiger partial charge < -0.3 is 0 Å². The number of nitrogens with zero attached hydrogens (tertiary/aromatic N) is 3. The summed E-state index contributed by atoms with van der Waals surface area (Å²) in [7, 11) is 0. The molecular weight excluding hydrogens is 277 g/mol. The van der Waals surface area contributed by atoms with E-state index in [2.05, 4.69) is 22.2 Å². The summed E-state index contributed by atoms with van der Waals surface area (Å²) in [5.74, 6) is 0.307. The van der Waals surface area contributed by atoms with E-state index in [1.165, 1.54) is 16.3 Å². The van der Waals surface area contributed by atoms with Crippen LogP contribution in [0.5, 0.6) is 0 Å². The highest BCUT2D eigenvalue weighted by atomic mass is 35.5. The standard InChI is InChI=1S/C15H11ClFN3/c16-13-7-12(15-18-8-14(17)20(15)19-13)11-6-10(11)9-4-2-1-3-5-9/h1-5,7-8,10-11H,6H2/t10-,11+/m0/s1. The Labute approximate surface area is 120 Å². The van der Waals surface area contributed by atoms with Crippen LogP contribution < -0.4 is 0 Å². The molecule has 4 rings (SSSR count). The molecule has 3 aromatic rings. The minimum atomic E-state index is -0.485. The van der Waals surface area contributed by atoms with Gasteiger partial charge in [-0.3, -0.25) is 0 Å². The van der Waals surface area contributed by atoms with E-state index in [0.29, 0.717) is 22.6 Å². The number of rotatable bonds is 2. The zero-order valence-corrected chi connectivity index (χ0v) is 11.3. The van der Waals surface area contributed by atoms with Crippen molar-refractivity contribution in [1.82, 2.24) is 14.6 Å². The van der Waals surface area contributed by atoms with E-state index in [4.69, 9.17) is 11.6 Å². The Kier molecular flexibility index (Phi) is 2.54. The molecular formula is C15H11ClFN3. The monoisotopic (exact) mass is 287 g/mol. The molecule has 100 valence electrons. The predicted molar refractivity (Wildman–Crippen MR) is 74.5 cm³/mol. The quantitative estimate of drug-likeness (QED) is 0.718. The summed E-state index contributed by atoms with van der Waals surface area (Å²) in [5, 5.41) is 4.24. The number of hydrogen-bond acceptors (Lipinski definition) is 2. The van der Waals surface area contributed by atoms with Gasteiger partial charge in [-0.15, -0.1) is 0 Å². The fraction of sp³-hybridized carbons (Fsp3) is 0.200. The molecule has 1 fully saturated rings. The highest BCUT2D eigenvalue weighted by Gasteiger charge is 2.41. The lowest BCUT2D eigenvalue weighted by atomic mass is 10.1. The average molecular weight is 288 g/mol. The summed E-state index contributed by atoms with van der Waals surface area (Å²) in [6.07, 6.45) is 2.22. The molecule has 2 atom stereocenters. The molecule has 0 radical (unpaired) electrons. The van der Waals surface area contributed by atoms with Gasteiger partial charge in [0.1, 0.15) is 0 Å². The molecule has 5 heteroatoms. The van der Waals surface area contributed by atoms with Gasteiger partial charge in [-0.05, 0) is 29.9 Å². The Morgan fingerprint density at radius 1 is 1.20 bits per heavy atom. The predicted octanol–water partition coefficient (Wildman–Crippen LogP) is 3.79. The Hall–Kier alpha value is -1.94. The van der Waals surface area contributed by atoms with E-state index >= 15 is 0 Å². The Bertz CT molecular complexity index is 784. The number of hydrogen-bond donors (Lipinski definition) is 0. The van der Waals surface area contributed by atoms with Gasteiger partial charge in [0.25, 0.3) is 0 Å². The van der Waals surface area contributed by atoms with Gasteiger partial charge in [0.2, 0.25) is 5.95 Å². The normalized spacial score (nSPS) is 21.3. The highest BCUT2D eigenvalue weighted by molar-refractivity contribution is 6.29. The number of aromatic nitrogens is 3. The zero-order valence-electron chi connectivity index (χ0n) is 10.5. The lowest BCUT2D eigenvalue weighted by Gasteiger charge is -2.04. The first-order chi connectivity index (χ1) is 9.74. The summed E-state index contributed by atoms with van der Waals surface area (Å²) in [6.45, 7) is 0. The van der Waals surface area contributed by atoms with Crippen LogP contribution in [0.1, 0.15) is 29.4 Å². The van der Waals surface area contributed by atoms with Crippen molar-refractivity contribution in [2.75, 3.05) is 0 Å². The molecule has 2 heterocycles. The molecule has 0 unspecified atom stereocenters. The SMILES string of the molecule is Fc1cnc2c([C@@H]3C[C@H]3c3ccccc3)cc(Cl)nn12. The van der Waals surface area contributed by atoms with Crippen molar-refractivity contribution in [2.24, 2.45) is 0 Å². The van der Waals surface area contributed by atoms with Gasteiger partial charge in [0.05, 0.1) is 6.20 Å². The molecule has 0 aliphatic heterocycles. The minimum absolute atomic E-state index is 0.295. The van der Waals surface area contributed by atoms with Gasteiger partial charge >= 0.3 is 0 Å². The highest BCUT2D eigenvalue weighted by Crippen LogP contribution is 2.55. The van der Waals surface area contributed by atoms with Gasteiger partial charge in [-0.1, -0.05) is 41.9 Å². The molecule has 2 aromatic heterocycles. The minimum Gasteiger partial charge on any atom is -0.232 e. The molecule has 0 bridgehead atoms. The van der Waals surface area contributed by atoms with Gasteiger partial charge in [0, 0.05) is 5.56 Å². The van der Waals surface area contributed by atoms with Crippen LogP contribution in [0.15, 0.2) is 42.6 Å². The van der Waals surface area contributed by atoms with Crippen molar-refractivity contribution in [3.63, 3.8) is 0 Å². The second kappa shape index (κ2) is 4.28. The van der Waals surface area contributed by atoms with E-state index in [0.717, 1.165) is 12.0 Å². The summed E-state index contributed by atoms with van der Waals surface area (Å²) in [6, 6.07) is 12.1. The maximum absolute atomic E-state index is 13.6. The lowest BCUT2D eigenvalue weighted by molar-refractivity contribution is 0.548. The Morgan fingerprint density at radius 2 is 2.00 bits per heavy atom. The maximum atomic E-state index is 13.6. The first-order valence-corrected chi connectivity index (χ1v) is 6.86. The van der Waals surface area contributed by atoms with Gasteiger partial charge in [-0.2, -0.15) is 14.0 Å². The largest absolute Gasteiger partial charge is 0.234 e. The third kappa shape index (κ3) is 1.79. The second-order valence-corrected chi connectivity index (χ2v) is 5.49. The number of fused-ring (bicyclic) bond motifs is 1. The molecule has 0 amide bonds.